The minimum absolute atomic E-state index is 0.355. The van der Waals surface area contributed by atoms with Crippen molar-refractivity contribution in [2.75, 3.05) is 19.6 Å². The van der Waals surface area contributed by atoms with Crippen LogP contribution in [0.3, 0.4) is 0 Å². The molecule has 0 spiro atoms. The Bertz CT molecular complexity index is 279. The van der Waals surface area contributed by atoms with Gasteiger partial charge in [0.2, 0.25) is 0 Å². The van der Waals surface area contributed by atoms with E-state index in [9.17, 15) is 9.90 Å². The number of carbonyl (C=O) groups excluding carboxylic acids is 1. The summed E-state index contributed by atoms with van der Waals surface area (Å²) in [5, 5.41) is 10.5. The molecule has 1 aliphatic carbocycles. The van der Waals surface area contributed by atoms with Gasteiger partial charge in [-0.2, -0.15) is 0 Å². The zero-order valence-electron chi connectivity index (χ0n) is 11.0. The molecule has 1 aliphatic heterocycles. The van der Waals surface area contributed by atoms with Crippen molar-refractivity contribution in [3.05, 3.63) is 0 Å². The zero-order valence-corrected chi connectivity index (χ0v) is 11.0. The van der Waals surface area contributed by atoms with Gasteiger partial charge in [-0.3, -0.25) is 9.69 Å². The van der Waals surface area contributed by atoms with Gasteiger partial charge in [-0.05, 0) is 25.7 Å². The Balaban J connectivity index is 1.86. The van der Waals surface area contributed by atoms with Crippen molar-refractivity contribution in [2.24, 2.45) is 5.92 Å². The number of Topliss-reactive ketones (excluding diaryl/α,β-unsaturated/α-hetero) is 1. The Kier molecular flexibility index (Phi) is 4.21. The number of carbonyl (C=O) groups is 1. The van der Waals surface area contributed by atoms with Gasteiger partial charge in [-0.15, -0.1) is 0 Å². The minimum Gasteiger partial charge on any atom is -0.390 e. The van der Waals surface area contributed by atoms with Crippen LogP contribution in [-0.4, -0.2) is 41.0 Å². The number of hydrogen-bond donors (Lipinski definition) is 1. The molecular weight excluding hydrogens is 214 g/mol. The fraction of sp³-hybridized carbons (Fsp3) is 0.929. The second kappa shape index (κ2) is 5.49. The lowest BCUT2D eigenvalue weighted by Gasteiger charge is -2.47. The monoisotopic (exact) mass is 239 g/mol. The van der Waals surface area contributed by atoms with E-state index in [1.165, 1.54) is 12.8 Å². The smallest absolute Gasteiger partial charge is 0.146 e. The zero-order chi connectivity index (χ0) is 12.3. The molecule has 1 saturated heterocycles. The maximum atomic E-state index is 11.6. The summed E-state index contributed by atoms with van der Waals surface area (Å²) in [6, 6.07) is 0. The molecule has 1 N–H and O–H groups in total. The summed E-state index contributed by atoms with van der Waals surface area (Å²) in [5.41, 5.74) is -0.414. The molecule has 2 aliphatic rings. The van der Waals surface area contributed by atoms with Gasteiger partial charge >= 0.3 is 0 Å². The van der Waals surface area contributed by atoms with E-state index in [2.05, 4.69) is 4.90 Å². The fourth-order valence-corrected chi connectivity index (χ4v) is 3.39. The van der Waals surface area contributed by atoms with Gasteiger partial charge < -0.3 is 5.11 Å². The highest BCUT2D eigenvalue weighted by atomic mass is 16.3. The van der Waals surface area contributed by atoms with Crippen molar-refractivity contribution in [3.8, 4) is 0 Å². The van der Waals surface area contributed by atoms with Crippen LogP contribution >= 0.6 is 0 Å². The van der Waals surface area contributed by atoms with Crippen molar-refractivity contribution < 1.29 is 9.90 Å². The molecule has 17 heavy (non-hydrogen) atoms. The summed E-state index contributed by atoms with van der Waals surface area (Å²) >= 11 is 0. The maximum Gasteiger partial charge on any atom is 0.146 e. The minimum atomic E-state index is -0.414. The molecule has 1 heterocycles. The van der Waals surface area contributed by atoms with Crippen LogP contribution in [0.25, 0.3) is 0 Å². The van der Waals surface area contributed by atoms with Crippen LogP contribution < -0.4 is 0 Å². The first-order chi connectivity index (χ1) is 8.14. The Hall–Kier alpha value is -0.410. The number of hydrogen-bond acceptors (Lipinski definition) is 3. The van der Waals surface area contributed by atoms with Crippen molar-refractivity contribution in [2.45, 2.75) is 57.5 Å². The summed E-state index contributed by atoms with van der Waals surface area (Å²) in [7, 11) is 0. The molecule has 2 fully saturated rings. The molecule has 0 amide bonds. The van der Waals surface area contributed by atoms with Gasteiger partial charge in [0.05, 0.1) is 12.1 Å². The van der Waals surface area contributed by atoms with E-state index in [1.807, 2.05) is 6.92 Å². The third-order valence-corrected chi connectivity index (χ3v) is 4.44. The Labute approximate surface area is 104 Å². The summed E-state index contributed by atoms with van der Waals surface area (Å²) < 4.78 is 0. The molecule has 0 radical (unpaired) electrons. The molecule has 2 unspecified atom stereocenters. The van der Waals surface area contributed by atoms with Gasteiger partial charge in [0.15, 0.2) is 0 Å². The fourth-order valence-electron chi connectivity index (χ4n) is 3.39. The van der Waals surface area contributed by atoms with Crippen LogP contribution in [-0.2, 0) is 4.79 Å². The largest absolute Gasteiger partial charge is 0.390 e. The third kappa shape index (κ3) is 3.08. The predicted octanol–water partition coefficient (Wildman–Crippen LogP) is 1.98. The second-order valence-corrected chi connectivity index (χ2v) is 5.82. The molecular formula is C14H25NO2. The summed E-state index contributed by atoms with van der Waals surface area (Å²) in [5.74, 6) is 0.758. The van der Waals surface area contributed by atoms with Crippen LogP contribution in [0, 0.1) is 5.92 Å². The van der Waals surface area contributed by atoms with Crippen LogP contribution in [0.4, 0.5) is 0 Å². The standard InChI is InChI=1S/C14H25NO2/c1-2-5-13(16)11-15-9-8-14(17)7-4-3-6-12(14)10-15/h12,17H,2-11H2,1H3. The number of piperidine rings is 1. The van der Waals surface area contributed by atoms with E-state index < -0.39 is 5.60 Å². The third-order valence-electron chi connectivity index (χ3n) is 4.44. The summed E-state index contributed by atoms with van der Waals surface area (Å²) in [6.45, 7) is 4.46. The van der Waals surface area contributed by atoms with E-state index in [0.717, 1.165) is 38.8 Å². The Morgan fingerprint density at radius 1 is 1.41 bits per heavy atom. The lowest BCUT2D eigenvalue weighted by atomic mass is 9.71. The van der Waals surface area contributed by atoms with Crippen LogP contribution in [0.1, 0.15) is 51.9 Å². The molecule has 98 valence electrons. The first-order valence-corrected chi connectivity index (χ1v) is 7.10. The molecule has 0 aromatic rings. The molecule has 0 bridgehead atoms. The quantitative estimate of drug-likeness (QED) is 0.815. The number of nitrogens with zero attached hydrogens (tertiary/aromatic N) is 1. The Morgan fingerprint density at radius 3 is 3.00 bits per heavy atom. The van der Waals surface area contributed by atoms with E-state index in [1.54, 1.807) is 0 Å². The van der Waals surface area contributed by atoms with Crippen molar-refractivity contribution in [1.82, 2.24) is 4.90 Å². The lowest BCUT2D eigenvalue weighted by Crippen LogP contribution is -2.54. The summed E-state index contributed by atoms with van der Waals surface area (Å²) in [4.78, 5) is 13.9. The highest BCUT2D eigenvalue weighted by Gasteiger charge is 2.42. The predicted molar refractivity (Wildman–Crippen MR) is 67.9 cm³/mol. The molecule has 3 heteroatoms. The SMILES string of the molecule is CCCC(=O)CN1CCC2(O)CCCCC2C1. The van der Waals surface area contributed by atoms with Crippen molar-refractivity contribution in [3.63, 3.8) is 0 Å². The van der Waals surface area contributed by atoms with Gasteiger partial charge in [-0.1, -0.05) is 19.8 Å². The van der Waals surface area contributed by atoms with Crippen LogP contribution in [0.15, 0.2) is 0 Å². The van der Waals surface area contributed by atoms with E-state index >= 15 is 0 Å². The molecule has 3 nitrogen and oxygen atoms in total. The average Bonchev–Trinajstić information content (AvgIpc) is 2.30. The first-order valence-electron chi connectivity index (χ1n) is 7.10. The molecule has 2 atom stereocenters. The first kappa shape index (κ1) is 13.0. The molecule has 0 aromatic carbocycles. The van der Waals surface area contributed by atoms with Gasteiger partial charge in [0.1, 0.15) is 5.78 Å². The van der Waals surface area contributed by atoms with Gasteiger partial charge in [-0.25, -0.2) is 0 Å². The lowest BCUT2D eigenvalue weighted by molar-refractivity contribution is -0.125. The summed E-state index contributed by atoms with van der Waals surface area (Å²) in [6.07, 6.45) is 7.01. The topological polar surface area (TPSA) is 40.5 Å². The average molecular weight is 239 g/mol. The number of aliphatic hydroxyl groups is 1. The molecule has 0 aromatic heterocycles. The van der Waals surface area contributed by atoms with Crippen molar-refractivity contribution >= 4 is 5.78 Å². The highest BCUT2D eigenvalue weighted by Crippen LogP contribution is 2.39. The van der Waals surface area contributed by atoms with E-state index in [4.69, 9.17) is 0 Å². The van der Waals surface area contributed by atoms with E-state index in [0.29, 0.717) is 24.7 Å². The number of rotatable bonds is 4. The molecule has 2 rings (SSSR count). The number of fused-ring (bicyclic) bond motifs is 1. The molecule has 1 saturated carbocycles. The maximum absolute atomic E-state index is 11.6. The van der Waals surface area contributed by atoms with Gasteiger partial charge in [0.25, 0.3) is 0 Å². The number of likely N-dealkylation sites (tertiary alicyclic amines) is 1. The van der Waals surface area contributed by atoms with Crippen molar-refractivity contribution in [1.29, 1.82) is 0 Å². The van der Waals surface area contributed by atoms with Crippen LogP contribution in [0.2, 0.25) is 0 Å². The second-order valence-electron chi connectivity index (χ2n) is 5.82. The normalized spacial score (nSPS) is 34.4. The van der Waals surface area contributed by atoms with Gasteiger partial charge in [0, 0.05) is 25.4 Å². The Morgan fingerprint density at radius 2 is 2.24 bits per heavy atom. The highest BCUT2D eigenvalue weighted by molar-refractivity contribution is 5.80. The number of ketones is 1. The van der Waals surface area contributed by atoms with E-state index in [-0.39, 0.29) is 0 Å². The van der Waals surface area contributed by atoms with Crippen LogP contribution in [0.5, 0.6) is 0 Å².